The summed E-state index contributed by atoms with van der Waals surface area (Å²) in [7, 11) is 0. The molecule has 0 saturated carbocycles. The molecule has 0 unspecified atom stereocenters. The van der Waals surface area contributed by atoms with E-state index in [4.69, 9.17) is 0 Å². The molecular weight excluding hydrogens is 399 g/mol. The lowest BCUT2D eigenvalue weighted by Gasteiger charge is -2.20. The van der Waals surface area contributed by atoms with Gasteiger partial charge in [0.05, 0.1) is 24.7 Å². The molecule has 1 N–H and O–H groups in total. The molecule has 0 aliphatic carbocycles. The van der Waals surface area contributed by atoms with Crippen molar-refractivity contribution in [3.8, 4) is 0 Å². The first-order chi connectivity index (χ1) is 12.2. The van der Waals surface area contributed by atoms with Gasteiger partial charge in [0.15, 0.2) is 0 Å². The van der Waals surface area contributed by atoms with Crippen LogP contribution in [0, 0.1) is 5.82 Å². The van der Waals surface area contributed by atoms with E-state index in [1.54, 1.807) is 6.07 Å². The normalized spacial score (nSPS) is 11.9. The van der Waals surface area contributed by atoms with Gasteiger partial charge in [-0.3, -0.25) is 4.79 Å². The molecule has 3 aromatic rings. The molecule has 136 valence electrons. The SMILES string of the molecule is CC(C)(C)c1cc(F)c2c(=O)n(Cc3ccc(Br)cc3CO)ncc2c1. The van der Waals surface area contributed by atoms with Crippen LogP contribution < -0.4 is 5.56 Å². The maximum absolute atomic E-state index is 14.7. The van der Waals surface area contributed by atoms with Crippen LogP contribution in [-0.4, -0.2) is 14.9 Å². The highest BCUT2D eigenvalue weighted by molar-refractivity contribution is 9.10. The number of rotatable bonds is 3. The zero-order valence-corrected chi connectivity index (χ0v) is 16.5. The van der Waals surface area contributed by atoms with Gasteiger partial charge in [0.1, 0.15) is 5.82 Å². The van der Waals surface area contributed by atoms with Gasteiger partial charge in [0, 0.05) is 9.86 Å². The number of fused-ring (bicyclic) bond motifs is 1. The Balaban J connectivity index is 2.11. The Labute approximate surface area is 159 Å². The van der Waals surface area contributed by atoms with E-state index in [2.05, 4.69) is 21.0 Å². The Morgan fingerprint density at radius 3 is 2.58 bits per heavy atom. The third-order valence-electron chi connectivity index (χ3n) is 4.43. The molecule has 6 heteroatoms. The average molecular weight is 419 g/mol. The molecule has 0 aliphatic heterocycles. The van der Waals surface area contributed by atoms with Crippen LogP contribution in [0.2, 0.25) is 0 Å². The van der Waals surface area contributed by atoms with Crippen LogP contribution in [0.1, 0.15) is 37.5 Å². The van der Waals surface area contributed by atoms with Crippen LogP contribution in [0.15, 0.2) is 45.8 Å². The van der Waals surface area contributed by atoms with Crippen molar-refractivity contribution in [2.75, 3.05) is 0 Å². The third-order valence-corrected chi connectivity index (χ3v) is 4.92. The molecule has 1 heterocycles. The highest BCUT2D eigenvalue weighted by Crippen LogP contribution is 2.26. The van der Waals surface area contributed by atoms with E-state index >= 15 is 0 Å². The van der Waals surface area contributed by atoms with Crippen molar-refractivity contribution in [3.05, 3.63) is 73.9 Å². The van der Waals surface area contributed by atoms with E-state index in [0.717, 1.165) is 15.6 Å². The predicted molar refractivity (Wildman–Crippen MR) is 104 cm³/mol. The van der Waals surface area contributed by atoms with Gasteiger partial charge in [-0.05, 0) is 46.4 Å². The fraction of sp³-hybridized carbons (Fsp3) is 0.300. The molecule has 1 aromatic heterocycles. The number of aliphatic hydroxyl groups excluding tert-OH is 1. The van der Waals surface area contributed by atoms with Crippen molar-refractivity contribution >= 4 is 26.7 Å². The van der Waals surface area contributed by atoms with E-state index in [9.17, 15) is 14.3 Å². The summed E-state index contributed by atoms with van der Waals surface area (Å²) in [5, 5.41) is 14.3. The summed E-state index contributed by atoms with van der Waals surface area (Å²) in [6.45, 7) is 5.99. The predicted octanol–water partition coefficient (Wildman–Crippen LogP) is 4.14. The quantitative estimate of drug-likeness (QED) is 0.695. The molecular formula is C20H20BrFN2O2. The summed E-state index contributed by atoms with van der Waals surface area (Å²) in [5.74, 6) is -0.535. The van der Waals surface area contributed by atoms with Crippen molar-refractivity contribution in [2.45, 2.75) is 39.3 Å². The summed E-state index contributed by atoms with van der Waals surface area (Å²) in [6, 6.07) is 8.67. The topological polar surface area (TPSA) is 55.1 Å². The fourth-order valence-electron chi connectivity index (χ4n) is 2.87. The van der Waals surface area contributed by atoms with Gasteiger partial charge in [-0.2, -0.15) is 5.10 Å². The zero-order chi connectivity index (χ0) is 19.1. The molecule has 0 atom stereocenters. The minimum Gasteiger partial charge on any atom is -0.392 e. The summed E-state index contributed by atoms with van der Waals surface area (Å²) < 4.78 is 16.7. The van der Waals surface area contributed by atoms with Crippen LogP contribution in [0.5, 0.6) is 0 Å². The number of hydrogen-bond acceptors (Lipinski definition) is 3. The van der Waals surface area contributed by atoms with E-state index in [1.165, 1.54) is 16.9 Å². The lowest BCUT2D eigenvalue weighted by molar-refractivity contribution is 0.280. The minimum atomic E-state index is -0.535. The molecule has 0 spiro atoms. The maximum Gasteiger partial charge on any atom is 0.277 e. The first-order valence-electron chi connectivity index (χ1n) is 8.28. The molecule has 3 rings (SSSR count). The molecule has 0 aliphatic rings. The van der Waals surface area contributed by atoms with Crippen LogP contribution in [0.25, 0.3) is 10.8 Å². The molecule has 0 amide bonds. The second kappa shape index (κ2) is 6.93. The number of halogens is 2. The Morgan fingerprint density at radius 1 is 1.19 bits per heavy atom. The number of benzene rings is 2. The van der Waals surface area contributed by atoms with Crippen molar-refractivity contribution in [1.29, 1.82) is 0 Å². The zero-order valence-electron chi connectivity index (χ0n) is 14.9. The number of aromatic nitrogens is 2. The molecule has 26 heavy (non-hydrogen) atoms. The first-order valence-corrected chi connectivity index (χ1v) is 9.08. The third kappa shape index (κ3) is 3.57. The van der Waals surface area contributed by atoms with Gasteiger partial charge in [-0.25, -0.2) is 9.07 Å². The van der Waals surface area contributed by atoms with Gasteiger partial charge in [0.2, 0.25) is 0 Å². The largest absolute Gasteiger partial charge is 0.392 e. The van der Waals surface area contributed by atoms with E-state index in [0.29, 0.717) is 10.9 Å². The molecule has 4 nitrogen and oxygen atoms in total. The summed E-state index contributed by atoms with van der Waals surface area (Å²) in [4.78, 5) is 12.8. The minimum absolute atomic E-state index is 0.0376. The maximum atomic E-state index is 14.7. The highest BCUT2D eigenvalue weighted by atomic mass is 79.9. The summed E-state index contributed by atoms with van der Waals surface area (Å²) >= 11 is 3.36. The monoisotopic (exact) mass is 418 g/mol. The summed E-state index contributed by atoms with van der Waals surface area (Å²) in [5.41, 5.74) is 1.56. The lowest BCUT2D eigenvalue weighted by Crippen LogP contribution is -2.25. The molecule has 2 aromatic carbocycles. The number of aliphatic hydroxyl groups is 1. The van der Waals surface area contributed by atoms with E-state index < -0.39 is 11.4 Å². The fourth-order valence-corrected chi connectivity index (χ4v) is 3.28. The molecule has 0 radical (unpaired) electrons. The number of nitrogens with zero attached hydrogens (tertiary/aromatic N) is 2. The Kier molecular flexibility index (Phi) is 4.99. The van der Waals surface area contributed by atoms with Gasteiger partial charge in [-0.15, -0.1) is 0 Å². The molecule has 0 bridgehead atoms. The van der Waals surface area contributed by atoms with Gasteiger partial charge in [-0.1, -0.05) is 42.8 Å². The lowest BCUT2D eigenvalue weighted by atomic mass is 9.86. The second-order valence-corrected chi connectivity index (χ2v) is 8.27. The standard InChI is InChI=1S/C20H20BrFN2O2/c1-20(2,3)15-6-13-9-23-24(19(26)18(13)17(22)8-15)10-12-4-5-16(21)7-14(12)11-25/h4-9,25H,10-11H2,1-3H3. The highest BCUT2D eigenvalue weighted by Gasteiger charge is 2.18. The van der Waals surface area contributed by atoms with Crippen molar-refractivity contribution in [1.82, 2.24) is 9.78 Å². The Hall–Kier alpha value is -2.05. The summed E-state index contributed by atoms with van der Waals surface area (Å²) in [6.07, 6.45) is 1.52. The smallest absolute Gasteiger partial charge is 0.277 e. The number of hydrogen-bond donors (Lipinski definition) is 1. The van der Waals surface area contributed by atoms with Crippen molar-refractivity contribution < 1.29 is 9.50 Å². The second-order valence-electron chi connectivity index (χ2n) is 7.35. The van der Waals surface area contributed by atoms with Crippen molar-refractivity contribution in [2.24, 2.45) is 0 Å². The van der Waals surface area contributed by atoms with Crippen LogP contribution in [-0.2, 0) is 18.6 Å². The van der Waals surface area contributed by atoms with E-state index in [1.807, 2.05) is 39.0 Å². The van der Waals surface area contributed by atoms with E-state index in [-0.39, 0.29) is 24.0 Å². The van der Waals surface area contributed by atoms with Gasteiger partial charge in [0.25, 0.3) is 5.56 Å². The Bertz CT molecular complexity index is 1040. The van der Waals surface area contributed by atoms with Crippen LogP contribution >= 0.6 is 15.9 Å². The first kappa shape index (κ1) is 18.7. The van der Waals surface area contributed by atoms with Crippen LogP contribution in [0.3, 0.4) is 0 Å². The average Bonchev–Trinajstić information content (AvgIpc) is 2.57. The van der Waals surface area contributed by atoms with Gasteiger partial charge >= 0.3 is 0 Å². The van der Waals surface area contributed by atoms with Crippen molar-refractivity contribution in [3.63, 3.8) is 0 Å². The van der Waals surface area contributed by atoms with Gasteiger partial charge < -0.3 is 5.11 Å². The van der Waals surface area contributed by atoms with Crippen LogP contribution in [0.4, 0.5) is 4.39 Å². The Morgan fingerprint density at radius 2 is 1.92 bits per heavy atom. The molecule has 0 fully saturated rings. The molecule has 0 saturated heterocycles.